The van der Waals surface area contributed by atoms with Gasteiger partial charge in [-0.25, -0.2) is 0 Å². The molecular formula is C23H27NO4. The number of benzene rings is 2. The van der Waals surface area contributed by atoms with Crippen molar-refractivity contribution in [1.29, 1.82) is 0 Å². The first-order valence-electron chi connectivity index (χ1n) is 9.60. The number of hydrogen-bond acceptors (Lipinski definition) is 4. The number of carbonyl (C=O) groups is 3. The van der Waals surface area contributed by atoms with E-state index in [0.717, 1.165) is 12.0 Å². The van der Waals surface area contributed by atoms with Crippen LogP contribution in [0.3, 0.4) is 0 Å². The Morgan fingerprint density at radius 1 is 0.964 bits per heavy atom. The van der Waals surface area contributed by atoms with Crippen LogP contribution in [0.5, 0.6) is 0 Å². The topological polar surface area (TPSA) is 72.5 Å². The number of Topliss-reactive ketones (excluding diaryl/α,β-unsaturated/α-hetero) is 1. The molecular weight excluding hydrogens is 354 g/mol. The molecule has 2 atom stereocenters. The normalized spacial score (nSPS) is 12.7. The van der Waals surface area contributed by atoms with E-state index in [0.29, 0.717) is 17.7 Å². The SMILES string of the molecule is CCC(=O)Nc1ccc(C(=O)COC(=O)[C@@H](c2ccccc2)[C@@H](C)CC)cc1. The van der Waals surface area contributed by atoms with Gasteiger partial charge in [0.2, 0.25) is 5.91 Å². The lowest BCUT2D eigenvalue weighted by Gasteiger charge is -2.21. The molecule has 0 fully saturated rings. The van der Waals surface area contributed by atoms with Gasteiger partial charge < -0.3 is 10.1 Å². The maximum absolute atomic E-state index is 12.7. The first-order chi connectivity index (χ1) is 13.5. The molecule has 0 heterocycles. The zero-order chi connectivity index (χ0) is 20.5. The molecule has 1 amide bonds. The van der Waals surface area contributed by atoms with Crippen LogP contribution in [0.25, 0.3) is 0 Å². The molecule has 0 aliphatic heterocycles. The number of carbonyl (C=O) groups excluding carboxylic acids is 3. The molecule has 5 nitrogen and oxygen atoms in total. The van der Waals surface area contributed by atoms with Crippen LogP contribution in [-0.2, 0) is 14.3 Å². The van der Waals surface area contributed by atoms with Crippen molar-refractivity contribution >= 4 is 23.3 Å². The van der Waals surface area contributed by atoms with Gasteiger partial charge in [0.25, 0.3) is 0 Å². The maximum Gasteiger partial charge on any atom is 0.314 e. The average molecular weight is 381 g/mol. The molecule has 0 saturated heterocycles. The van der Waals surface area contributed by atoms with Gasteiger partial charge >= 0.3 is 5.97 Å². The van der Waals surface area contributed by atoms with Gasteiger partial charge in [-0.05, 0) is 35.7 Å². The van der Waals surface area contributed by atoms with E-state index < -0.39 is 5.92 Å². The van der Waals surface area contributed by atoms with E-state index in [2.05, 4.69) is 5.32 Å². The van der Waals surface area contributed by atoms with Crippen LogP contribution >= 0.6 is 0 Å². The van der Waals surface area contributed by atoms with Crippen LogP contribution in [-0.4, -0.2) is 24.3 Å². The molecule has 2 aromatic carbocycles. The lowest BCUT2D eigenvalue weighted by molar-refractivity contribution is -0.145. The number of amides is 1. The predicted octanol–water partition coefficient (Wildman–Crippen LogP) is 4.59. The fraction of sp³-hybridized carbons (Fsp3) is 0.348. The standard InChI is InChI=1S/C23H27NO4/c1-4-16(3)22(18-9-7-6-8-10-18)23(27)28-15-20(25)17-11-13-19(14-12-17)24-21(26)5-2/h6-14,16,22H,4-5,15H2,1-3H3,(H,24,26)/t16-,22+/m0/s1. The van der Waals surface area contributed by atoms with Gasteiger partial charge in [-0.1, -0.05) is 57.5 Å². The molecule has 0 aliphatic rings. The highest BCUT2D eigenvalue weighted by molar-refractivity contribution is 5.99. The predicted molar refractivity (Wildman–Crippen MR) is 109 cm³/mol. The second kappa shape index (κ2) is 10.4. The van der Waals surface area contributed by atoms with Gasteiger partial charge in [0.15, 0.2) is 12.4 Å². The molecule has 0 spiro atoms. The van der Waals surface area contributed by atoms with Crippen LogP contribution in [0.15, 0.2) is 54.6 Å². The number of hydrogen-bond donors (Lipinski definition) is 1. The van der Waals surface area contributed by atoms with E-state index in [1.807, 2.05) is 44.2 Å². The summed E-state index contributed by atoms with van der Waals surface area (Å²) in [5, 5.41) is 2.72. The van der Waals surface area contributed by atoms with Gasteiger partial charge in [0, 0.05) is 17.7 Å². The Morgan fingerprint density at radius 2 is 1.61 bits per heavy atom. The molecule has 1 N–H and O–H groups in total. The third-order valence-corrected chi connectivity index (χ3v) is 4.78. The molecule has 0 aromatic heterocycles. The smallest absolute Gasteiger partial charge is 0.314 e. The second-order valence-electron chi connectivity index (χ2n) is 6.78. The van der Waals surface area contributed by atoms with Gasteiger partial charge in [-0.15, -0.1) is 0 Å². The van der Waals surface area contributed by atoms with E-state index in [1.165, 1.54) is 0 Å². The second-order valence-corrected chi connectivity index (χ2v) is 6.78. The molecule has 0 radical (unpaired) electrons. The zero-order valence-corrected chi connectivity index (χ0v) is 16.6. The van der Waals surface area contributed by atoms with E-state index in [1.54, 1.807) is 31.2 Å². The first-order valence-corrected chi connectivity index (χ1v) is 9.60. The van der Waals surface area contributed by atoms with Crippen molar-refractivity contribution in [2.75, 3.05) is 11.9 Å². The molecule has 0 aliphatic carbocycles. The summed E-state index contributed by atoms with van der Waals surface area (Å²) in [6, 6.07) is 16.0. The summed E-state index contributed by atoms with van der Waals surface area (Å²) in [5.41, 5.74) is 1.95. The van der Waals surface area contributed by atoms with E-state index in [4.69, 9.17) is 4.74 Å². The van der Waals surface area contributed by atoms with Gasteiger partial charge in [0.05, 0.1) is 5.92 Å². The molecule has 0 bridgehead atoms. The largest absolute Gasteiger partial charge is 0.457 e. The minimum atomic E-state index is -0.398. The summed E-state index contributed by atoms with van der Waals surface area (Å²) >= 11 is 0. The third kappa shape index (κ3) is 5.78. The lowest BCUT2D eigenvalue weighted by atomic mass is 9.85. The van der Waals surface area contributed by atoms with Gasteiger partial charge in [-0.2, -0.15) is 0 Å². The summed E-state index contributed by atoms with van der Waals surface area (Å²) in [5.74, 6) is -1.06. The highest BCUT2D eigenvalue weighted by Crippen LogP contribution is 2.28. The Bertz CT molecular complexity index is 799. The molecule has 2 rings (SSSR count). The maximum atomic E-state index is 12.7. The van der Waals surface area contributed by atoms with Crippen molar-refractivity contribution in [3.8, 4) is 0 Å². The summed E-state index contributed by atoms with van der Waals surface area (Å²) < 4.78 is 5.35. The van der Waals surface area contributed by atoms with Crippen LogP contribution < -0.4 is 5.32 Å². The number of anilines is 1. The number of rotatable bonds is 9. The quantitative estimate of drug-likeness (QED) is 0.509. The monoisotopic (exact) mass is 381 g/mol. The number of esters is 1. The van der Waals surface area contributed by atoms with Crippen molar-refractivity contribution in [1.82, 2.24) is 0 Å². The third-order valence-electron chi connectivity index (χ3n) is 4.78. The van der Waals surface area contributed by atoms with Crippen molar-refractivity contribution in [2.24, 2.45) is 5.92 Å². The van der Waals surface area contributed by atoms with E-state index >= 15 is 0 Å². The number of nitrogens with one attached hydrogen (secondary N) is 1. The lowest BCUT2D eigenvalue weighted by Crippen LogP contribution is -2.24. The van der Waals surface area contributed by atoms with Crippen LogP contribution in [0.4, 0.5) is 5.69 Å². The summed E-state index contributed by atoms with van der Waals surface area (Å²) in [4.78, 5) is 36.4. The summed E-state index contributed by atoms with van der Waals surface area (Å²) in [6.45, 7) is 5.49. The number of ether oxygens (including phenoxy) is 1. The zero-order valence-electron chi connectivity index (χ0n) is 16.6. The highest BCUT2D eigenvalue weighted by Gasteiger charge is 2.27. The summed E-state index contributed by atoms with van der Waals surface area (Å²) in [6.07, 6.45) is 1.21. The molecule has 28 heavy (non-hydrogen) atoms. The van der Waals surface area contributed by atoms with Gasteiger partial charge in [-0.3, -0.25) is 14.4 Å². The molecule has 5 heteroatoms. The molecule has 0 saturated carbocycles. The Morgan fingerprint density at radius 3 is 2.18 bits per heavy atom. The Kier molecular flexibility index (Phi) is 7.93. The minimum absolute atomic E-state index is 0.0926. The van der Waals surface area contributed by atoms with Crippen molar-refractivity contribution in [2.45, 2.75) is 39.5 Å². The van der Waals surface area contributed by atoms with Crippen molar-refractivity contribution < 1.29 is 19.1 Å². The minimum Gasteiger partial charge on any atom is -0.457 e. The van der Waals surface area contributed by atoms with Crippen LogP contribution in [0, 0.1) is 5.92 Å². The Balaban J connectivity index is 2.00. The van der Waals surface area contributed by atoms with Crippen molar-refractivity contribution in [3.63, 3.8) is 0 Å². The van der Waals surface area contributed by atoms with Crippen LogP contribution in [0.1, 0.15) is 55.5 Å². The summed E-state index contributed by atoms with van der Waals surface area (Å²) in [7, 11) is 0. The van der Waals surface area contributed by atoms with Gasteiger partial charge in [0.1, 0.15) is 0 Å². The first kappa shape index (κ1) is 21.4. The fourth-order valence-corrected chi connectivity index (χ4v) is 2.89. The van der Waals surface area contributed by atoms with Crippen molar-refractivity contribution in [3.05, 3.63) is 65.7 Å². The molecule has 148 valence electrons. The van der Waals surface area contributed by atoms with E-state index in [-0.39, 0.29) is 30.2 Å². The fourth-order valence-electron chi connectivity index (χ4n) is 2.89. The molecule has 0 unspecified atom stereocenters. The average Bonchev–Trinajstić information content (AvgIpc) is 2.73. The Hall–Kier alpha value is -2.95. The Labute approximate surface area is 166 Å². The molecule has 2 aromatic rings. The number of ketones is 1. The van der Waals surface area contributed by atoms with Crippen LogP contribution in [0.2, 0.25) is 0 Å². The highest BCUT2D eigenvalue weighted by atomic mass is 16.5. The van der Waals surface area contributed by atoms with E-state index in [9.17, 15) is 14.4 Å².